The molecule has 21 heavy (non-hydrogen) atoms. The number of rotatable bonds is 8. The van der Waals surface area contributed by atoms with Crippen molar-refractivity contribution in [2.45, 2.75) is 53.4 Å². The number of nitrogen functional groups attached to an aromatic ring is 1. The molecule has 0 radical (unpaired) electrons. The molecule has 4 N–H and O–H groups in total. The van der Waals surface area contributed by atoms with E-state index in [1.807, 2.05) is 25.1 Å². The Hall–Kier alpha value is -1.55. The lowest BCUT2D eigenvalue weighted by atomic mass is 9.87. The number of unbranched alkanes of at least 4 members (excludes halogenated alkanes) is 2. The molecule has 0 aliphatic rings. The zero-order chi connectivity index (χ0) is 15.9. The molecule has 0 aromatic heterocycles. The van der Waals surface area contributed by atoms with Gasteiger partial charge in [0, 0.05) is 6.54 Å². The minimum Gasteiger partial charge on any atom is -0.351 e. The summed E-state index contributed by atoms with van der Waals surface area (Å²) in [4.78, 5) is 12.3. The number of amides is 1. The van der Waals surface area contributed by atoms with Crippen LogP contribution in [0.25, 0.3) is 0 Å². The van der Waals surface area contributed by atoms with Gasteiger partial charge in [0.25, 0.3) is 5.91 Å². The predicted molar refractivity (Wildman–Crippen MR) is 89.2 cm³/mol. The monoisotopic (exact) mass is 291 g/mol. The van der Waals surface area contributed by atoms with Crippen LogP contribution in [0.3, 0.4) is 0 Å². The molecule has 0 aliphatic heterocycles. The van der Waals surface area contributed by atoms with E-state index in [2.05, 4.69) is 31.5 Å². The Morgan fingerprint density at radius 3 is 2.62 bits per heavy atom. The van der Waals surface area contributed by atoms with Gasteiger partial charge in [-0.25, -0.2) is 0 Å². The lowest BCUT2D eigenvalue weighted by molar-refractivity contribution is 0.0934. The number of hydrogen-bond donors (Lipinski definition) is 3. The summed E-state index contributed by atoms with van der Waals surface area (Å²) in [5, 5.41) is 3.03. The van der Waals surface area contributed by atoms with Crippen LogP contribution >= 0.6 is 0 Å². The van der Waals surface area contributed by atoms with E-state index in [-0.39, 0.29) is 11.3 Å². The van der Waals surface area contributed by atoms with Gasteiger partial charge in [0.2, 0.25) is 0 Å². The molecular weight excluding hydrogens is 262 g/mol. The summed E-state index contributed by atoms with van der Waals surface area (Å²) in [5.41, 5.74) is 4.99. The van der Waals surface area contributed by atoms with Crippen LogP contribution in [-0.4, -0.2) is 12.5 Å². The van der Waals surface area contributed by atoms with Crippen molar-refractivity contribution in [3.05, 3.63) is 29.3 Å². The van der Waals surface area contributed by atoms with Crippen LogP contribution in [-0.2, 0) is 0 Å². The number of hydrazine groups is 1. The van der Waals surface area contributed by atoms with Gasteiger partial charge in [0.1, 0.15) is 0 Å². The number of aryl methyl sites for hydroxylation is 1. The summed E-state index contributed by atoms with van der Waals surface area (Å²) in [6, 6.07) is 5.62. The van der Waals surface area contributed by atoms with Crippen molar-refractivity contribution in [3.63, 3.8) is 0 Å². The first kappa shape index (κ1) is 17.5. The van der Waals surface area contributed by atoms with Gasteiger partial charge in [-0.3, -0.25) is 10.6 Å². The fraction of sp³-hybridized carbons (Fsp3) is 0.588. The number of anilines is 1. The molecule has 118 valence electrons. The molecule has 1 rings (SSSR count). The first-order chi connectivity index (χ1) is 9.89. The van der Waals surface area contributed by atoms with Gasteiger partial charge in [-0.05, 0) is 30.9 Å². The summed E-state index contributed by atoms with van der Waals surface area (Å²) in [7, 11) is 0. The zero-order valence-corrected chi connectivity index (χ0v) is 13.8. The Morgan fingerprint density at radius 2 is 2.00 bits per heavy atom. The number of nitrogens with two attached hydrogens (primary N) is 1. The first-order valence-electron chi connectivity index (χ1n) is 7.75. The minimum atomic E-state index is -0.0739. The van der Waals surface area contributed by atoms with Crippen LogP contribution in [0.2, 0.25) is 0 Å². The molecule has 1 aromatic carbocycles. The fourth-order valence-electron chi connectivity index (χ4n) is 2.33. The van der Waals surface area contributed by atoms with Crippen LogP contribution < -0.4 is 16.6 Å². The highest BCUT2D eigenvalue weighted by Gasteiger charge is 2.19. The maximum Gasteiger partial charge on any atom is 0.253 e. The molecule has 0 saturated carbocycles. The summed E-state index contributed by atoms with van der Waals surface area (Å²) >= 11 is 0. The van der Waals surface area contributed by atoms with E-state index in [1.165, 1.54) is 19.3 Å². The maximum absolute atomic E-state index is 12.3. The number of hydrogen-bond acceptors (Lipinski definition) is 3. The largest absolute Gasteiger partial charge is 0.351 e. The molecule has 1 aromatic rings. The van der Waals surface area contributed by atoms with Gasteiger partial charge in [-0.15, -0.1) is 0 Å². The van der Waals surface area contributed by atoms with Gasteiger partial charge >= 0.3 is 0 Å². The standard InChI is InChI=1S/C17H29N3O/c1-5-6-7-10-17(3,4)12-19-16(21)14-11-13(2)8-9-15(14)20-18/h8-9,11,20H,5-7,10,12,18H2,1-4H3,(H,19,21). The van der Waals surface area contributed by atoms with Gasteiger partial charge in [-0.2, -0.15) is 0 Å². The van der Waals surface area contributed by atoms with Crippen molar-refractivity contribution >= 4 is 11.6 Å². The van der Waals surface area contributed by atoms with Crippen LogP contribution in [0, 0.1) is 12.3 Å². The second-order valence-electron chi connectivity index (χ2n) is 6.50. The quantitative estimate of drug-likeness (QED) is 0.389. The molecule has 0 saturated heterocycles. The van der Waals surface area contributed by atoms with Crippen LogP contribution in [0.5, 0.6) is 0 Å². The smallest absolute Gasteiger partial charge is 0.253 e. The molecule has 0 heterocycles. The summed E-state index contributed by atoms with van der Waals surface area (Å²) < 4.78 is 0. The molecule has 0 fully saturated rings. The molecule has 0 bridgehead atoms. The van der Waals surface area contributed by atoms with Gasteiger partial charge < -0.3 is 10.7 Å². The number of nitrogens with one attached hydrogen (secondary N) is 2. The third kappa shape index (κ3) is 5.76. The van der Waals surface area contributed by atoms with E-state index in [0.29, 0.717) is 17.8 Å². The van der Waals surface area contributed by atoms with Crippen molar-refractivity contribution in [1.82, 2.24) is 5.32 Å². The molecule has 4 heteroatoms. The van der Waals surface area contributed by atoms with E-state index in [4.69, 9.17) is 5.84 Å². The lowest BCUT2D eigenvalue weighted by Gasteiger charge is -2.25. The normalized spacial score (nSPS) is 11.3. The van der Waals surface area contributed by atoms with E-state index in [9.17, 15) is 4.79 Å². The summed E-state index contributed by atoms with van der Waals surface area (Å²) in [6.07, 6.45) is 4.80. The second kappa shape index (κ2) is 8.03. The molecule has 0 spiro atoms. The molecule has 0 aliphatic carbocycles. The highest BCUT2D eigenvalue weighted by molar-refractivity contribution is 5.99. The zero-order valence-electron chi connectivity index (χ0n) is 13.8. The first-order valence-corrected chi connectivity index (χ1v) is 7.75. The SMILES string of the molecule is CCCCCC(C)(C)CNC(=O)c1cc(C)ccc1NN. The molecule has 0 unspecified atom stereocenters. The topological polar surface area (TPSA) is 67.2 Å². The highest BCUT2D eigenvalue weighted by Crippen LogP contribution is 2.23. The lowest BCUT2D eigenvalue weighted by Crippen LogP contribution is -2.34. The average molecular weight is 291 g/mol. The number of benzene rings is 1. The summed E-state index contributed by atoms with van der Waals surface area (Å²) in [5.74, 6) is 5.40. The Bertz CT molecular complexity index is 469. The van der Waals surface area contributed by atoms with Crippen molar-refractivity contribution in [2.24, 2.45) is 11.3 Å². The van der Waals surface area contributed by atoms with E-state index >= 15 is 0 Å². The maximum atomic E-state index is 12.3. The van der Waals surface area contributed by atoms with Crippen LogP contribution in [0.15, 0.2) is 18.2 Å². The summed E-state index contributed by atoms with van der Waals surface area (Å²) in [6.45, 7) is 9.23. The van der Waals surface area contributed by atoms with E-state index in [0.717, 1.165) is 12.0 Å². The van der Waals surface area contributed by atoms with Crippen molar-refractivity contribution < 1.29 is 4.79 Å². The van der Waals surface area contributed by atoms with Crippen molar-refractivity contribution in [1.29, 1.82) is 0 Å². The fourth-order valence-corrected chi connectivity index (χ4v) is 2.33. The highest BCUT2D eigenvalue weighted by atomic mass is 16.1. The predicted octanol–water partition coefficient (Wildman–Crippen LogP) is 3.62. The Balaban J connectivity index is 2.63. The van der Waals surface area contributed by atoms with Gasteiger partial charge in [0.05, 0.1) is 11.3 Å². The molecular formula is C17H29N3O. The molecule has 0 atom stereocenters. The Labute approximate surface area is 128 Å². The third-order valence-corrected chi connectivity index (χ3v) is 3.76. The average Bonchev–Trinajstić information content (AvgIpc) is 2.45. The van der Waals surface area contributed by atoms with Crippen LogP contribution in [0.4, 0.5) is 5.69 Å². The Morgan fingerprint density at radius 1 is 1.29 bits per heavy atom. The molecule has 4 nitrogen and oxygen atoms in total. The number of carbonyl (C=O) groups is 1. The number of carbonyl (C=O) groups excluding carboxylic acids is 1. The van der Waals surface area contributed by atoms with E-state index in [1.54, 1.807) is 0 Å². The van der Waals surface area contributed by atoms with E-state index < -0.39 is 0 Å². The molecule has 1 amide bonds. The van der Waals surface area contributed by atoms with Crippen LogP contribution in [0.1, 0.15) is 62.4 Å². The minimum absolute atomic E-state index is 0.0739. The van der Waals surface area contributed by atoms with Crippen molar-refractivity contribution in [2.75, 3.05) is 12.0 Å². The van der Waals surface area contributed by atoms with Crippen molar-refractivity contribution in [3.8, 4) is 0 Å². The second-order valence-corrected chi connectivity index (χ2v) is 6.50. The Kier molecular flexibility index (Phi) is 6.69. The van der Waals surface area contributed by atoms with Gasteiger partial charge in [-0.1, -0.05) is 51.7 Å². The van der Waals surface area contributed by atoms with Gasteiger partial charge in [0.15, 0.2) is 0 Å². The third-order valence-electron chi connectivity index (χ3n) is 3.76.